The van der Waals surface area contributed by atoms with Gasteiger partial charge in [0.2, 0.25) is 0 Å². The van der Waals surface area contributed by atoms with Gasteiger partial charge in [0, 0.05) is 13.0 Å². The van der Waals surface area contributed by atoms with E-state index in [1.165, 1.54) is 148 Å². The zero-order valence-corrected chi connectivity index (χ0v) is 41.3. The highest BCUT2D eigenvalue weighted by atomic mass is 31.2. The van der Waals surface area contributed by atoms with E-state index >= 15 is 0 Å². The van der Waals surface area contributed by atoms with E-state index in [4.69, 9.17) is 29.4 Å². The van der Waals surface area contributed by atoms with Crippen molar-refractivity contribution in [2.75, 3.05) is 26.4 Å². The quantitative estimate of drug-likeness (QED) is 0.0232. The highest BCUT2D eigenvalue weighted by Gasteiger charge is 2.27. The SMILES string of the molecule is CCCCC/C=C\C/C=C\CCCCCCCCCCCCOCC(COP(=O)(O)OCC(N)C(=O)O)OC(=O)CCCCCCCCCCC/C=C\C/C=C\CCCCCCC. The van der Waals surface area contributed by atoms with Crippen LogP contribution in [-0.4, -0.2) is 60.5 Å². The van der Waals surface area contributed by atoms with Crippen molar-refractivity contribution < 1.29 is 42.7 Å². The Balaban J connectivity index is 4.15. The van der Waals surface area contributed by atoms with E-state index in [1.54, 1.807) is 0 Å². The average Bonchev–Trinajstić information content (AvgIpc) is 3.26. The zero-order chi connectivity index (χ0) is 46.2. The van der Waals surface area contributed by atoms with Crippen molar-refractivity contribution in [2.24, 2.45) is 5.73 Å². The van der Waals surface area contributed by atoms with Crippen molar-refractivity contribution in [1.29, 1.82) is 0 Å². The number of carboxylic acids is 1. The van der Waals surface area contributed by atoms with Crippen molar-refractivity contribution in [3.05, 3.63) is 48.6 Å². The van der Waals surface area contributed by atoms with E-state index in [0.717, 1.165) is 57.8 Å². The Hall–Kier alpha value is -2.07. The van der Waals surface area contributed by atoms with Crippen LogP contribution in [-0.2, 0) is 32.7 Å². The fourth-order valence-electron chi connectivity index (χ4n) is 7.08. The van der Waals surface area contributed by atoms with Crippen LogP contribution in [0, 0.1) is 0 Å². The highest BCUT2D eigenvalue weighted by Crippen LogP contribution is 2.43. The number of carbonyl (C=O) groups excluding carboxylic acids is 1. The zero-order valence-electron chi connectivity index (χ0n) is 40.4. The van der Waals surface area contributed by atoms with Gasteiger partial charge >= 0.3 is 19.8 Å². The predicted octanol–water partition coefficient (Wildman–Crippen LogP) is 15.0. The number of nitrogens with two attached hydrogens (primary N) is 1. The summed E-state index contributed by atoms with van der Waals surface area (Å²) >= 11 is 0. The number of unbranched alkanes of at least 4 members (excludes halogenated alkanes) is 27. The molecular weight excluding hydrogens is 814 g/mol. The molecule has 3 unspecified atom stereocenters. The predicted molar refractivity (Wildman–Crippen MR) is 263 cm³/mol. The molecule has 0 spiro atoms. The first-order valence-electron chi connectivity index (χ1n) is 25.7. The molecule has 368 valence electrons. The normalized spacial score (nSPS) is 14.1. The second-order valence-electron chi connectivity index (χ2n) is 17.3. The van der Waals surface area contributed by atoms with Gasteiger partial charge in [0.25, 0.3) is 0 Å². The molecule has 10 nitrogen and oxygen atoms in total. The topological polar surface area (TPSA) is 155 Å². The molecule has 0 saturated carbocycles. The highest BCUT2D eigenvalue weighted by molar-refractivity contribution is 7.47. The van der Waals surface area contributed by atoms with Crippen molar-refractivity contribution >= 4 is 19.8 Å². The van der Waals surface area contributed by atoms with Gasteiger partial charge in [-0.25, -0.2) is 4.57 Å². The molecule has 0 amide bonds. The Bertz CT molecular complexity index is 1190. The molecule has 0 rings (SSSR count). The lowest BCUT2D eigenvalue weighted by molar-refractivity contribution is -0.154. The molecule has 0 aliphatic rings. The number of phosphoric ester groups is 1. The summed E-state index contributed by atoms with van der Waals surface area (Å²) in [5, 5.41) is 8.93. The maximum atomic E-state index is 12.7. The Labute approximate surface area is 386 Å². The largest absolute Gasteiger partial charge is 0.480 e. The molecule has 0 aromatic carbocycles. The van der Waals surface area contributed by atoms with Gasteiger partial charge in [0.05, 0.1) is 19.8 Å². The summed E-state index contributed by atoms with van der Waals surface area (Å²) in [4.78, 5) is 33.7. The Morgan fingerprint density at radius 3 is 1.32 bits per heavy atom. The maximum absolute atomic E-state index is 12.7. The second kappa shape index (κ2) is 47.9. The third-order valence-corrected chi connectivity index (χ3v) is 12.0. The van der Waals surface area contributed by atoms with Crippen LogP contribution in [0.3, 0.4) is 0 Å². The molecule has 0 saturated heterocycles. The molecular formula is C52H96NO9P. The Kier molecular flexibility index (Phi) is 46.3. The first kappa shape index (κ1) is 60.9. The molecule has 0 heterocycles. The van der Waals surface area contributed by atoms with E-state index in [2.05, 4.69) is 62.5 Å². The maximum Gasteiger partial charge on any atom is 0.472 e. The number of hydrogen-bond acceptors (Lipinski definition) is 8. The molecule has 4 N–H and O–H groups in total. The van der Waals surface area contributed by atoms with E-state index in [-0.39, 0.29) is 13.0 Å². The first-order valence-corrected chi connectivity index (χ1v) is 27.2. The van der Waals surface area contributed by atoms with Crippen LogP contribution in [0.5, 0.6) is 0 Å². The summed E-state index contributed by atoms with van der Waals surface area (Å²) in [6, 6.07) is -1.48. The number of hydrogen-bond donors (Lipinski definition) is 3. The summed E-state index contributed by atoms with van der Waals surface area (Å²) in [5.41, 5.74) is 5.38. The molecule has 0 radical (unpaired) electrons. The number of phosphoric acid groups is 1. The number of rotatable bonds is 49. The lowest BCUT2D eigenvalue weighted by atomic mass is 10.1. The van der Waals surface area contributed by atoms with Gasteiger partial charge < -0.3 is 25.2 Å². The van der Waals surface area contributed by atoms with Gasteiger partial charge in [-0.15, -0.1) is 0 Å². The lowest BCUT2D eigenvalue weighted by Gasteiger charge is -2.20. The molecule has 0 aromatic rings. The molecule has 0 aliphatic heterocycles. The van der Waals surface area contributed by atoms with Crippen LogP contribution in [0.25, 0.3) is 0 Å². The van der Waals surface area contributed by atoms with E-state index in [1.807, 2.05) is 0 Å². The van der Waals surface area contributed by atoms with Crippen molar-refractivity contribution in [1.82, 2.24) is 0 Å². The standard InChI is InChI=1S/C52H96NO9P/c1-3-5-7-9-11-13-15-17-19-21-23-25-26-28-30-32-34-36-38-40-42-44-51(54)62-49(47-60-63(57,58)61-48-50(53)52(55)56)46-59-45-43-41-39-37-35-33-31-29-27-24-22-20-18-16-14-12-10-8-6-4-2/h12,14-15,17-18,20-21,23,49-50H,3-11,13,16,19,22,24-48,53H2,1-2H3,(H,55,56)(H,57,58)/b14-12-,17-15-,20-18-,23-21-. The van der Waals surface area contributed by atoms with Crippen LogP contribution < -0.4 is 5.73 Å². The van der Waals surface area contributed by atoms with Crippen molar-refractivity contribution in [3.8, 4) is 0 Å². The minimum absolute atomic E-state index is 0.0132. The molecule has 11 heteroatoms. The third kappa shape index (κ3) is 47.7. The molecule has 0 aliphatic carbocycles. The van der Waals surface area contributed by atoms with Crippen molar-refractivity contribution in [2.45, 2.75) is 244 Å². The van der Waals surface area contributed by atoms with E-state index < -0.39 is 45.1 Å². The number of esters is 1. The van der Waals surface area contributed by atoms with Gasteiger partial charge in [-0.3, -0.25) is 18.6 Å². The molecule has 0 fully saturated rings. The summed E-state index contributed by atoms with van der Waals surface area (Å²) < 4.78 is 33.5. The minimum atomic E-state index is -4.62. The first-order chi connectivity index (χ1) is 30.7. The fourth-order valence-corrected chi connectivity index (χ4v) is 7.86. The van der Waals surface area contributed by atoms with Gasteiger partial charge in [0.15, 0.2) is 0 Å². The molecule has 3 atom stereocenters. The number of allylic oxidation sites excluding steroid dienone is 8. The number of aliphatic carboxylic acids is 1. The lowest BCUT2D eigenvalue weighted by Crippen LogP contribution is -2.34. The fraction of sp³-hybridized carbons (Fsp3) is 0.808. The Morgan fingerprint density at radius 2 is 0.873 bits per heavy atom. The van der Waals surface area contributed by atoms with Crippen LogP contribution in [0.2, 0.25) is 0 Å². The molecule has 0 aromatic heterocycles. The number of ether oxygens (including phenoxy) is 2. The minimum Gasteiger partial charge on any atom is -0.480 e. The van der Waals surface area contributed by atoms with E-state index in [9.17, 15) is 19.0 Å². The van der Waals surface area contributed by atoms with Gasteiger partial charge in [-0.05, 0) is 77.0 Å². The van der Waals surface area contributed by atoms with Crippen molar-refractivity contribution in [3.63, 3.8) is 0 Å². The summed E-state index contributed by atoms with van der Waals surface area (Å²) in [6.07, 6.45) is 57.3. The van der Waals surface area contributed by atoms with Crippen LogP contribution in [0.1, 0.15) is 232 Å². The van der Waals surface area contributed by atoms with Crippen LogP contribution in [0.15, 0.2) is 48.6 Å². The molecule has 63 heavy (non-hydrogen) atoms. The van der Waals surface area contributed by atoms with Gasteiger partial charge in [0.1, 0.15) is 12.1 Å². The summed E-state index contributed by atoms with van der Waals surface area (Å²) in [7, 11) is -4.62. The van der Waals surface area contributed by atoms with Crippen LogP contribution >= 0.6 is 7.82 Å². The summed E-state index contributed by atoms with van der Waals surface area (Å²) in [5.74, 6) is -1.78. The number of carboxylic acid groups (broad SMARTS) is 1. The van der Waals surface area contributed by atoms with E-state index in [0.29, 0.717) is 13.0 Å². The van der Waals surface area contributed by atoms with Gasteiger partial charge in [-0.2, -0.15) is 0 Å². The molecule has 0 bridgehead atoms. The smallest absolute Gasteiger partial charge is 0.472 e. The average molecular weight is 910 g/mol. The number of carbonyl (C=O) groups is 2. The third-order valence-electron chi connectivity index (χ3n) is 11.1. The van der Waals surface area contributed by atoms with Crippen LogP contribution in [0.4, 0.5) is 0 Å². The summed E-state index contributed by atoms with van der Waals surface area (Å²) in [6.45, 7) is 3.86. The Morgan fingerprint density at radius 1 is 0.508 bits per heavy atom. The van der Waals surface area contributed by atoms with Gasteiger partial charge in [-0.1, -0.05) is 197 Å². The monoisotopic (exact) mass is 910 g/mol. The second-order valence-corrected chi connectivity index (χ2v) is 18.7.